The number of rotatable bonds is 6. The van der Waals surface area contributed by atoms with Crippen LogP contribution in [0.4, 0.5) is 0 Å². The van der Waals surface area contributed by atoms with Crippen molar-refractivity contribution in [2.24, 2.45) is 11.8 Å². The first-order valence-electron chi connectivity index (χ1n) is 15.9. The molecule has 3 aliphatic carbocycles. The number of halogens is 4. The monoisotopic (exact) mass is 706 g/mol. The van der Waals surface area contributed by atoms with Crippen molar-refractivity contribution in [1.29, 1.82) is 0 Å². The van der Waals surface area contributed by atoms with Crippen LogP contribution in [0.3, 0.4) is 0 Å². The molecule has 0 spiro atoms. The number of fused-ring (bicyclic) bond motifs is 1. The molecule has 2 nitrogen and oxygen atoms in total. The maximum absolute atomic E-state index is 13.8. The second-order valence-electron chi connectivity index (χ2n) is 12.8. The minimum Gasteiger partial charge on any atom is -0.380 e. The summed E-state index contributed by atoms with van der Waals surface area (Å²) < 4.78 is 0. The van der Waals surface area contributed by atoms with E-state index in [4.69, 9.17) is 46.4 Å². The van der Waals surface area contributed by atoms with Crippen LogP contribution in [0.1, 0.15) is 56.3 Å². The molecule has 6 heteroatoms. The molecule has 0 aromatic heterocycles. The Hall–Kier alpha value is -3.60. The van der Waals surface area contributed by atoms with Gasteiger partial charge in [0.1, 0.15) is 11.2 Å². The quantitative estimate of drug-likeness (QED) is 0.181. The van der Waals surface area contributed by atoms with Gasteiger partial charge in [-0.15, -0.1) is 0 Å². The normalized spacial score (nSPS) is 19.9. The topological polar surface area (TPSA) is 40.5 Å². The first-order valence-corrected chi connectivity index (χ1v) is 17.4. The number of hydrogen-bond acceptors (Lipinski definition) is 2. The van der Waals surface area contributed by atoms with Crippen LogP contribution in [-0.2, 0) is 11.2 Å². The summed E-state index contributed by atoms with van der Waals surface area (Å²) in [7, 11) is 0. The summed E-state index contributed by atoms with van der Waals surface area (Å²) in [6.07, 6.45) is 0. The van der Waals surface area contributed by atoms with Crippen molar-refractivity contribution in [3.8, 4) is 0 Å². The number of aliphatic hydroxyl groups is 2. The largest absolute Gasteiger partial charge is 0.380 e. The Morgan fingerprint density at radius 2 is 0.542 bits per heavy atom. The molecule has 238 valence electrons. The third-order valence-electron chi connectivity index (χ3n) is 10.5. The van der Waals surface area contributed by atoms with E-state index in [-0.39, 0.29) is 11.8 Å². The van der Waals surface area contributed by atoms with Gasteiger partial charge in [-0.3, -0.25) is 0 Å². The maximum atomic E-state index is 13.8. The lowest BCUT2D eigenvalue weighted by molar-refractivity contribution is -0.105. The Morgan fingerprint density at radius 3 is 0.750 bits per heavy atom. The average Bonchev–Trinajstić information content (AvgIpc) is 3.12. The fourth-order valence-corrected chi connectivity index (χ4v) is 9.10. The molecule has 0 aliphatic heterocycles. The van der Waals surface area contributed by atoms with Crippen molar-refractivity contribution in [2.75, 3.05) is 0 Å². The van der Waals surface area contributed by atoms with E-state index in [9.17, 15) is 10.2 Å². The molecule has 2 bridgehead atoms. The lowest BCUT2D eigenvalue weighted by Gasteiger charge is -2.60. The van der Waals surface area contributed by atoms with Gasteiger partial charge in [0.05, 0.1) is 0 Å². The summed E-state index contributed by atoms with van der Waals surface area (Å²) in [5.74, 6) is -1.78. The highest BCUT2D eigenvalue weighted by Crippen LogP contribution is 2.68. The molecule has 2 N–H and O–H groups in total. The van der Waals surface area contributed by atoms with Crippen molar-refractivity contribution in [1.82, 2.24) is 0 Å². The molecule has 6 aromatic carbocycles. The summed E-state index contributed by atoms with van der Waals surface area (Å²) in [6, 6.07) is 46.4. The van der Waals surface area contributed by atoms with Crippen molar-refractivity contribution in [2.45, 2.75) is 23.0 Å². The van der Waals surface area contributed by atoms with Gasteiger partial charge in [-0.1, -0.05) is 143 Å². The van der Waals surface area contributed by atoms with Crippen LogP contribution < -0.4 is 0 Å². The molecule has 0 amide bonds. The maximum Gasteiger partial charge on any atom is 0.119 e. The SMILES string of the molecule is OC(c1ccc(Cl)cc1)(c1ccc(Cl)cc1)C1C2c3ccccc3C(c3ccccc32)C1C(O)(c1ccc(Cl)cc1)c1ccc(Cl)cc1. The van der Waals surface area contributed by atoms with Crippen molar-refractivity contribution in [3.63, 3.8) is 0 Å². The molecular weight excluding hydrogens is 678 g/mol. The molecule has 48 heavy (non-hydrogen) atoms. The average molecular weight is 709 g/mol. The molecule has 0 saturated heterocycles. The van der Waals surface area contributed by atoms with E-state index in [1.54, 1.807) is 48.5 Å². The Balaban J connectivity index is 1.52. The molecule has 6 aromatic rings. The highest BCUT2D eigenvalue weighted by atomic mass is 35.5. The Labute approximate surface area is 300 Å². The summed E-state index contributed by atoms with van der Waals surface area (Å²) in [6.45, 7) is 0. The Morgan fingerprint density at radius 1 is 0.333 bits per heavy atom. The van der Waals surface area contributed by atoms with E-state index in [1.807, 2.05) is 48.5 Å². The van der Waals surface area contributed by atoms with Crippen LogP contribution in [-0.4, -0.2) is 10.2 Å². The molecular formula is C42H30Cl4O2. The van der Waals surface area contributed by atoms with E-state index in [0.29, 0.717) is 42.3 Å². The van der Waals surface area contributed by atoms with Gasteiger partial charge in [0.25, 0.3) is 0 Å². The van der Waals surface area contributed by atoms with Gasteiger partial charge in [-0.2, -0.15) is 0 Å². The zero-order chi connectivity index (χ0) is 33.2. The summed E-state index contributed by atoms with van der Waals surface area (Å²) in [5, 5.41) is 29.9. The van der Waals surface area contributed by atoms with Gasteiger partial charge in [-0.25, -0.2) is 0 Å². The van der Waals surface area contributed by atoms with E-state index in [1.165, 1.54) is 0 Å². The fourth-order valence-electron chi connectivity index (χ4n) is 8.60. The van der Waals surface area contributed by atoms with Gasteiger partial charge < -0.3 is 10.2 Å². The predicted octanol–water partition coefficient (Wildman–Crippen LogP) is 11.0. The second-order valence-corrected chi connectivity index (χ2v) is 14.6. The highest BCUT2D eigenvalue weighted by molar-refractivity contribution is 6.31. The van der Waals surface area contributed by atoms with Gasteiger partial charge >= 0.3 is 0 Å². The van der Waals surface area contributed by atoms with E-state index < -0.39 is 23.0 Å². The predicted molar refractivity (Wildman–Crippen MR) is 195 cm³/mol. The first kappa shape index (κ1) is 31.7. The molecule has 0 radical (unpaired) electrons. The van der Waals surface area contributed by atoms with Gasteiger partial charge in [0.15, 0.2) is 0 Å². The van der Waals surface area contributed by atoms with Crippen LogP contribution >= 0.6 is 46.4 Å². The van der Waals surface area contributed by atoms with Gasteiger partial charge in [0, 0.05) is 43.8 Å². The third kappa shape index (κ3) is 4.85. The minimum absolute atomic E-state index is 0.296. The lowest BCUT2D eigenvalue weighted by Crippen LogP contribution is -2.58. The second kappa shape index (κ2) is 12.1. The van der Waals surface area contributed by atoms with Crippen LogP contribution in [0.5, 0.6) is 0 Å². The van der Waals surface area contributed by atoms with E-state index in [2.05, 4.69) is 48.5 Å². The van der Waals surface area contributed by atoms with Crippen LogP contribution in [0, 0.1) is 11.8 Å². The number of benzene rings is 6. The van der Waals surface area contributed by atoms with E-state index >= 15 is 0 Å². The molecule has 0 heterocycles. The zero-order valence-corrected chi connectivity index (χ0v) is 28.6. The fraction of sp³-hybridized carbons (Fsp3) is 0.143. The van der Waals surface area contributed by atoms with Crippen LogP contribution in [0.25, 0.3) is 0 Å². The highest BCUT2D eigenvalue weighted by Gasteiger charge is 2.64. The zero-order valence-electron chi connectivity index (χ0n) is 25.6. The van der Waals surface area contributed by atoms with Gasteiger partial charge in [0.2, 0.25) is 0 Å². The molecule has 2 unspecified atom stereocenters. The molecule has 3 aliphatic rings. The Bertz CT molecular complexity index is 1820. The molecule has 0 fully saturated rings. The van der Waals surface area contributed by atoms with Crippen molar-refractivity contribution < 1.29 is 10.2 Å². The smallest absolute Gasteiger partial charge is 0.119 e. The van der Waals surface area contributed by atoms with Crippen molar-refractivity contribution in [3.05, 3.63) is 210 Å². The summed E-state index contributed by atoms with van der Waals surface area (Å²) in [5.41, 5.74) is 3.99. The molecule has 2 atom stereocenters. The van der Waals surface area contributed by atoms with E-state index in [0.717, 1.165) is 22.3 Å². The third-order valence-corrected chi connectivity index (χ3v) is 11.5. The minimum atomic E-state index is -1.61. The molecule has 9 rings (SSSR count). The summed E-state index contributed by atoms with van der Waals surface area (Å²) >= 11 is 25.7. The number of hydrogen-bond donors (Lipinski definition) is 2. The van der Waals surface area contributed by atoms with Crippen LogP contribution in [0.15, 0.2) is 146 Å². The summed E-state index contributed by atoms with van der Waals surface area (Å²) in [4.78, 5) is 0. The van der Waals surface area contributed by atoms with Gasteiger partial charge in [-0.05, 0) is 93.0 Å². The first-order chi connectivity index (χ1) is 23.2. The molecule has 0 saturated carbocycles. The van der Waals surface area contributed by atoms with Crippen LogP contribution in [0.2, 0.25) is 20.1 Å². The standard InChI is InChI=1S/C42H30Cl4O2/c43-29-17-9-25(10-18-29)41(47,26-11-19-30(44)20-12-26)39-37-33-5-1-2-6-34(33)38(36-8-4-3-7-35(36)37)40(39)42(48,27-13-21-31(45)22-14-27)28-15-23-32(46)24-16-28/h1-24,37-40,47-48H. The van der Waals surface area contributed by atoms with Crippen molar-refractivity contribution >= 4 is 46.4 Å². The lowest BCUT2D eigenvalue weighted by atomic mass is 9.45. The Kier molecular flexibility index (Phi) is 7.96.